The van der Waals surface area contributed by atoms with E-state index in [1.165, 1.54) is 0 Å². The molecule has 92 valence electrons. The molecule has 0 aliphatic carbocycles. The van der Waals surface area contributed by atoms with Gasteiger partial charge in [-0.3, -0.25) is 4.79 Å². The summed E-state index contributed by atoms with van der Waals surface area (Å²) in [5.41, 5.74) is 7.87. The van der Waals surface area contributed by atoms with E-state index in [1.54, 1.807) is 0 Å². The number of nitrogen functional groups attached to an aromatic ring is 1. The van der Waals surface area contributed by atoms with Crippen LogP contribution < -0.4 is 16.0 Å². The number of fused-ring (bicyclic) bond motifs is 1. The molecule has 1 aromatic rings. The summed E-state index contributed by atoms with van der Waals surface area (Å²) in [4.78, 5) is 14.2. The van der Waals surface area contributed by atoms with Crippen molar-refractivity contribution in [3.63, 3.8) is 0 Å². The van der Waals surface area contributed by atoms with E-state index in [-0.39, 0.29) is 11.9 Å². The molecule has 1 amide bonds. The lowest BCUT2D eigenvalue weighted by Gasteiger charge is -2.46. The maximum absolute atomic E-state index is 12.1. The van der Waals surface area contributed by atoms with Gasteiger partial charge in [0.1, 0.15) is 5.54 Å². The van der Waals surface area contributed by atoms with Crippen LogP contribution in [-0.2, 0) is 4.79 Å². The van der Waals surface area contributed by atoms with Gasteiger partial charge in [0.05, 0.1) is 17.1 Å². The van der Waals surface area contributed by atoms with E-state index in [9.17, 15) is 4.79 Å². The Morgan fingerprint density at radius 1 is 1.35 bits per heavy atom. The number of hydrogen-bond donors (Lipinski definition) is 2. The highest BCUT2D eigenvalue weighted by Crippen LogP contribution is 2.41. The minimum absolute atomic E-state index is 0.00398. The average molecular weight is 233 g/mol. The number of anilines is 3. The number of carbonyl (C=O) groups excluding carboxylic acids is 1. The Bertz CT molecular complexity index is 466. The van der Waals surface area contributed by atoms with Crippen LogP contribution in [0.3, 0.4) is 0 Å². The molecule has 4 heteroatoms. The van der Waals surface area contributed by atoms with Crippen LogP contribution in [0.4, 0.5) is 17.1 Å². The first-order chi connectivity index (χ1) is 7.85. The highest BCUT2D eigenvalue weighted by atomic mass is 16.2. The van der Waals surface area contributed by atoms with Gasteiger partial charge in [-0.2, -0.15) is 0 Å². The third-order valence-electron chi connectivity index (χ3n) is 3.23. The van der Waals surface area contributed by atoms with Crippen LogP contribution in [0.25, 0.3) is 0 Å². The lowest BCUT2D eigenvalue weighted by molar-refractivity contribution is -0.120. The molecule has 0 saturated heterocycles. The van der Waals surface area contributed by atoms with E-state index >= 15 is 0 Å². The zero-order valence-corrected chi connectivity index (χ0v) is 10.7. The number of benzene rings is 1. The minimum Gasteiger partial charge on any atom is -0.397 e. The number of nitrogens with one attached hydrogen (secondary N) is 1. The van der Waals surface area contributed by atoms with Gasteiger partial charge in [-0.15, -0.1) is 0 Å². The molecule has 0 saturated carbocycles. The van der Waals surface area contributed by atoms with Gasteiger partial charge in [0.25, 0.3) is 0 Å². The Labute approximate surface area is 102 Å². The van der Waals surface area contributed by atoms with Gasteiger partial charge < -0.3 is 16.0 Å². The number of hydrogen-bond acceptors (Lipinski definition) is 3. The summed E-state index contributed by atoms with van der Waals surface area (Å²) in [6.07, 6.45) is 0. The van der Waals surface area contributed by atoms with E-state index in [2.05, 4.69) is 24.1 Å². The Hall–Kier alpha value is -1.71. The second-order valence-corrected chi connectivity index (χ2v) is 5.22. The molecule has 4 nitrogen and oxygen atoms in total. The second kappa shape index (κ2) is 3.65. The lowest BCUT2D eigenvalue weighted by Crippen LogP contribution is -2.58. The summed E-state index contributed by atoms with van der Waals surface area (Å²) in [6.45, 7) is 7.96. The second-order valence-electron chi connectivity index (χ2n) is 5.22. The molecule has 0 spiro atoms. The summed E-state index contributed by atoms with van der Waals surface area (Å²) in [7, 11) is 0. The van der Waals surface area contributed by atoms with Crippen LogP contribution in [0.1, 0.15) is 27.7 Å². The van der Waals surface area contributed by atoms with Crippen LogP contribution in [0, 0.1) is 0 Å². The van der Waals surface area contributed by atoms with Crippen molar-refractivity contribution >= 4 is 23.0 Å². The molecule has 3 N–H and O–H groups in total. The van der Waals surface area contributed by atoms with Gasteiger partial charge in [0.2, 0.25) is 5.91 Å². The molecule has 0 unspecified atom stereocenters. The first-order valence-corrected chi connectivity index (χ1v) is 5.85. The van der Waals surface area contributed by atoms with Crippen molar-refractivity contribution in [1.29, 1.82) is 0 Å². The molecule has 1 aliphatic heterocycles. The molecule has 0 fully saturated rings. The van der Waals surface area contributed by atoms with E-state index in [0.717, 1.165) is 11.4 Å². The quantitative estimate of drug-likeness (QED) is 0.731. The van der Waals surface area contributed by atoms with Crippen molar-refractivity contribution in [2.24, 2.45) is 0 Å². The Kier molecular flexibility index (Phi) is 2.53. The highest BCUT2D eigenvalue weighted by Gasteiger charge is 2.42. The van der Waals surface area contributed by atoms with Gasteiger partial charge in [-0.1, -0.05) is 6.07 Å². The summed E-state index contributed by atoms with van der Waals surface area (Å²) in [6, 6.07) is 5.81. The van der Waals surface area contributed by atoms with Crippen LogP contribution in [-0.4, -0.2) is 17.5 Å². The van der Waals surface area contributed by atoms with Crippen molar-refractivity contribution in [1.82, 2.24) is 0 Å². The fourth-order valence-electron chi connectivity index (χ4n) is 2.50. The van der Waals surface area contributed by atoms with Crippen molar-refractivity contribution in [3.8, 4) is 0 Å². The molecule has 0 aromatic heterocycles. The molecular formula is C13H19N3O. The zero-order valence-electron chi connectivity index (χ0n) is 10.7. The van der Waals surface area contributed by atoms with Crippen molar-refractivity contribution in [2.45, 2.75) is 39.3 Å². The summed E-state index contributed by atoms with van der Waals surface area (Å²) in [5, 5.41) is 2.92. The molecule has 2 rings (SSSR count). The Morgan fingerprint density at radius 3 is 2.59 bits per heavy atom. The Balaban J connectivity index is 2.66. The first kappa shape index (κ1) is 11.8. The predicted octanol–water partition coefficient (Wildman–Crippen LogP) is 2.21. The van der Waals surface area contributed by atoms with Gasteiger partial charge in [-0.05, 0) is 39.8 Å². The van der Waals surface area contributed by atoms with Crippen molar-refractivity contribution < 1.29 is 4.79 Å². The van der Waals surface area contributed by atoms with Crippen molar-refractivity contribution in [3.05, 3.63) is 18.2 Å². The van der Waals surface area contributed by atoms with Crippen LogP contribution in [0.2, 0.25) is 0 Å². The third kappa shape index (κ3) is 1.64. The summed E-state index contributed by atoms with van der Waals surface area (Å²) >= 11 is 0. The normalized spacial score (nSPS) is 17.9. The van der Waals surface area contributed by atoms with Gasteiger partial charge in [0.15, 0.2) is 0 Å². The first-order valence-electron chi connectivity index (χ1n) is 5.85. The molecular weight excluding hydrogens is 214 g/mol. The fourth-order valence-corrected chi connectivity index (χ4v) is 2.50. The van der Waals surface area contributed by atoms with Gasteiger partial charge in [0, 0.05) is 6.04 Å². The minimum atomic E-state index is -0.587. The standard InChI is InChI=1S/C13H19N3O/c1-8(2)16-11-9(14)6-5-7-10(11)15-12(17)13(16,3)4/h5-8H,14H2,1-4H3,(H,15,17). The molecule has 17 heavy (non-hydrogen) atoms. The third-order valence-corrected chi connectivity index (χ3v) is 3.23. The number of carbonyl (C=O) groups is 1. The molecule has 1 aromatic carbocycles. The smallest absolute Gasteiger partial charge is 0.249 e. The maximum Gasteiger partial charge on any atom is 0.249 e. The number of para-hydroxylation sites is 1. The summed E-state index contributed by atoms with van der Waals surface area (Å²) in [5.74, 6) is 0.00398. The number of rotatable bonds is 1. The van der Waals surface area contributed by atoms with E-state index < -0.39 is 5.54 Å². The predicted molar refractivity (Wildman–Crippen MR) is 71.2 cm³/mol. The number of nitrogens with zero attached hydrogens (tertiary/aromatic N) is 1. The van der Waals surface area contributed by atoms with Gasteiger partial charge in [-0.25, -0.2) is 0 Å². The fraction of sp³-hybridized carbons (Fsp3) is 0.462. The monoisotopic (exact) mass is 233 g/mol. The molecule has 0 radical (unpaired) electrons. The number of nitrogens with two attached hydrogens (primary N) is 1. The molecule has 1 heterocycles. The maximum atomic E-state index is 12.1. The van der Waals surface area contributed by atoms with E-state index in [4.69, 9.17) is 5.73 Å². The SMILES string of the molecule is CC(C)N1c2c(N)cccc2NC(=O)C1(C)C. The summed E-state index contributed by atoms with van der Waals surface area (Å²) < 4.78 is 0. The Morgan fingerprint density at radius 2 is 2.00 bits per heavy atom. The van der Waals surface area contributed by atoms with Crippen LogP contribution >= 0.6 is 0 Å². The molecule has 0 atom stereocenters. The van der Waals surface area contributed by atoms with Gasteiger partial charge >= 0.3 is 0 Å². The molecule has 0 bridgehead atoms. The van der Waals surface area contributed by atoms with E-state index in [0.29, 0.717) is 5.69 Å². The van der Waals surface area contributed by atoms with Crippen molar-refractivity contribution in [2.75, 3.05) is 16.0 Å². The average Bonchev–Trinajstić information content (AvgIpc) is 2.20. The highest BCUT2D eigenvalue weighted by molar-refractivity contribution is 6.08. The van der Waals surface area contributed by atoms with Crippen LogP contribution in [0.5, 0.6) is 0 Å². The van der Waals surface area contributed by atoms with Crippen LogP contribution in [0.15, 0.2) is 18.2 Å². The zero-order chi connectivity index (χ0) is 12.8. The topological polar surface area (TPSA) is 58.4 Å². The largest absolute Gasteiger partial charge is 0.397 e. The molecule has 1 aliphatic rings. The lowest BCUT2D eigenvalue weighted by atomic mass is 9.94. The van der Waals surface area contributed by atoms with E-state index in [1.807, 2.05) is 32.0 Å². The number of amides is 1.